The van der Waals surface area contributed by atoms with E-state index in [1.807, 2.05) is 62.4 Å². The molecule has 0 spiro atoms. The molecule has 186 valence electrons. The van der Waals surface area contributed by atoms with Crippen LogP contribution >= 0.6 is 34.9 Å². The second-order valence-corrected chi connectivity index (χ2v) is 10.8. The topological polar surface area (TPSA) is 43.9 Å². The van der Waals surface area contributed by atoms with Gasteiger partial charge < -0.3 is 4.90 Å². The second kappa shape index (κ2) is 10.8. The molecule has 1 fully saturated rings. The molecule has 5 nitrogen and oxygen atoms in total. The van der Waals surface area contributed by atoms with Crippen LogP contribution in [-0.4, -0.2) is 39.8 Å². The summed E-state index contributed by atoms with van der Waals surface area (Å²) in [6.45, 7) is 4.56. The van der Waals surface area contributed by atoms with Crippen LogP contribution in [0.1, 0.15) is 18.7 Å². The zero-order chi connectivity index (χ0) is 25.9. The number of anilines is 3. The van der Waals surface area contributed by atoms with Crippen LogP contribution in [0.25, 0.3) is 15.8 Å². The van der Waals surface area contributed by atoms with E-state index in [-0.39, 0.29) is 22.5 Å². The quantitative estimate of drug-likeness (QED) is 0.139. The molecule has 5 rings (SSSR count). The van der Waals surface area contributed by atoms with Gasteiger partial charge in [0.25, 0.3) is 11.8 Å². The minimum atomic E-state index is -0.336. The maximum absolute atomic E-state index is 13.0. The maximum Gasteiger partial charge on any atom is 0.265 e. The highest BCUT2D eigenvalue weighted by Gasteiger charge is 2.37. The molecule has 37 heavy (non-hydrogen) atoms. The summed E-state index contributed by atoms with van der Waals surface area (Å²) in [4.78, 5) is 34.2. The summed E-state index contributed by atoms with van der Waals surface area (Å²) in [6.07, 6.45) is 1.70. The van der Waals surface area contributed by atoms with Crippen LogP contribution < -0.4 is 4.90 Å². The van der Waals surface area contributed by atoms with Gasteiger partial charge in [0, 0.05) is 39.1 Å². The van der Waals surface area contributed by atoms with Gasteiger partial charge in [0.2, 0.25) is 0 Å². The van der Waals surface area contributed by atoms with E-state index in [0.717, 1.165) is 31.0 Å². The number of amides is 2. The van der Waals surface area contributed by atoms with Crippen LogP contribution in [0.2, 0.25) is 0 Å². The number of thiocarbonyl (C=S) groups is 1. The Labute approximate surface area is 229 Å². The summed E-state index contributed by atoms with van der Waals surface area (Å²) >= 11 is 8.62. The number of carbonyl (C=O) groups excluding carboxylic acids is 2. The van der Waals surface area contributed by atoms with Crippen molar-refractivity contribution >= 4 is 74.3 Å². The predicted octanol–water partition coefficient (Wildman–Crippen LogP) is 7.33. The molecular formula is C29H25N3O2S3. The Kier molecular flexibility index (Phi) is 7.32. The number of likely N-dealkylation sites (N-methyl/N-ethyl adjacent to an activating group) is 2. The molecule has 2 amide bonds. The van der Waals surface area contributed by atoms with Crippen molar-refractivity contribution in [1.29, 1.82) is 0 Å². The summed E-state index contributed by atoms with van der Waals surface area (Å²) in [7, 11) is 0. The first-order valence-electron chi connectivity index (χ1n) is 12.0. The predicted molar refractivity (Wildman–Crippen MR) is 158 cm³/mol. The summed E-state index contributed by atoms with van der Waals surface area (Å²) < 4.78 is 0. The molecule has 0 bridgehead atoms. The van der Waals surface area contributed by atoms with Crippen LogP contribution in [0.15, 0.2) is 90.5 Å². The van der Waals surface area contributed by atoms with Gasteiger partial charge in [-0.25, -0.2) is 0 Å². The summed E-state index contributed by atoms with van der Waals surface area (Å²) in [5, 5.41) is 1.38. The fourth-order valence-electron chi connectivity index (χ4n) is 4.23. The fraction of sp³-hybridized carbons (Fsp3) is 0.138. The van der Waals surface area contributed by atoms with Crippen molar-refractivity contribution in [2.24, 2.45) is 0 Å². The third-order valence-electron chi connectivity index (χ3n) is 6.04. The van der Waals surface area contributed by atoms with Crippen molar-refractivity contribution in [3.63, 3.8) is 0 Å². The smallest absolute Gasteiger partial charge is 0.265 e. The number of nitrogens with zero attached hydrogens (tertiary/aromatic N) is 3. The van der Waals surface area contributed by atoms with E-state index in [4.69, 9.17) is 12.2 Å². The van der Waals surface area contributed by atoms with Gasteiger partial charge in [-0.15, -0.1) is 22.7 Å². The molecule has 4 aromatic rings. The van der Waals surface area contributed by atoms with E-state index in [9.17, 15) is 9.59 Å². The van der Waals surface area contributed by atoms with E-state index in [1.165, 1.54) is 9.80 Å². The summed E-state index contributed by atoms with van der Waals surface area (Å²) in [6, 6.07) is 28.9. The van der Waals surface area contributed by atoms with Gasteiger partial charge in [0.15, 0.2) is 5.11 Å². The third kappa shape index (κ3) is 4.87. The van der Waals surface area contributed by atoms with Gasteiger partial charge in [0.05, 0.1) is 0 Å². The standard InChI is InChI=1S/C29H25N3O2S3/c1-3-30-27(33)23(28(34)31(4-2)29(30)35)19-22-15-16-24(36-22)25-17-18-26(37-25)32(20-11-7-5-8-12-20)21-13-9-6-10-14-21/h5-19H,3-4H2,1-2H3. The molecule has 3 heterocycles. The van der Waals surface area contributed by atoms with Gasteiger partial charge in [-0.3, -0.25) is 19.4 Å². The number of thiophene rings is 2. The number of hydrogen-bond acceptors (Lipinski definition) is 6. The largest absolute Gasteiger partial charge is 0.302 e. The van der Waals surface area contributed by atoms with Crippen LogP contribution in [0.4, 0.5) is 16.4 Å². The molecule has 2 aromatic carbocycles. The number of hydrogen-bond donors (Lipinski definition) is 0. The number of para-hydroxylation sites is 2. The Bertz CT molecular complexity index is 1410. The van der Waals surface area contributed by atoms with E-state index in [1.54, 1.807) is 28.7 Å². The van der Waals surface area contributed by atoms with Crippen LogP contribution in [0, 0.1) is 0 Å². The Morgan fingerprint density at radius 1 is 0.730 bits per heavy atom. The number of carbonyl (C=O) groups is 2. The van der Waals surface area contributed by atoms with Crippen molar-refractivity contribution in [3.05, 3.63) is 95.4 Å². The van der Waals surface area contributed by atoms with Gasteiger partial charge in [-0.05, 0) is 80.7 Å². The molecule has 1 aliphatic heterocycles. The van der Waals surface area contributed by atoms with Gasteiger partial charge in [-0.1, -0.05) is 36.4 Å². The molecule has 0 N–H and O–H groups in total. The summed E-state index contributed by atoms with van der Waals surface area (Å²) in [5.41, 5.74) is 2.33. The van der Waals surface area contributed by atoms with Crippen molar-refractivity contribution in [2.75, 3.05) is 18.0 Å². The minimum Gasteiger partial charge on any atom is -0.302 e. The molecule has 0 atom stereocenters. The zero-order valence-electron chi connectivity index (χ0n) is 20.5. The normalized spacial score (nSPS) is 13.9. The van der Waals surface area contributed by atoms with Crippen molar-refractivity contribution in [1.82, 2.24) is 9.80 Å². The Balaban J connectivity index is 1.46. The Morgan fingerprint density at radius 2 is 1.24 bits per heavy atom. The fourth-order valence-corrected chi connectivity index (χ4v) is 6.74. The van der Waals surface area contributed by atoms with E-state index >= 15 is 0 Å². The third-order valence-corrected chi connectivity index (χ3v) is 8.78. The molecule has 0 unspecified atom stereocenters. The first-order valence-corrected chi connectivity index (χ1v) is 14.1. The molecule has 0 saturated carbocycles. The number of rotatable bonds is 7. The highest BCUT2D eigenvalue weighted by atomic mass is 32.1. The first kappa shape index (κ1) is 25.1. The summed E-state index contributed by atoms with van der Waals surface area (Å²) in [5.74, 6) is -0.672. The molecule has 1 saturated heterocycles. The molecule has 1 aliphatic rings. The lowest BCUT2D eigenvalue weighted by Gasteiger charge is -2.35. The lowest BCUT2D eigenvalue weighted by atomic mass is 10.1. The number of benzene rings is 2. The average Bonchev–Trinajstić information content (AvgIpc) is 3.59. The van der Waals surface area contributed by atoms with E-state index in [0.29, 0.717) is 13.1 Å². The van der Waals surface area contributed by atoms with Crippen molar-refractivity contribution < 1.29 is 9.59 Å². The lowest BCUT2D eigenvalue weighted by Crippen LogP contribution is -2.55. The van der Waals surface area contributed by atoms with Gasteiger partial charge in [0.1, 0.15) is 10.6 Å². The Hall–Kier alpha value is -3.59. The van der Waals surface area contributed by atoms with Crippen LogP contribution in [0.3, 0.4) is 0 Å². The molecular weight excluding hydrogens is 519 g/mol. The molecule has 0 aliphatic carbocycles. The molecule has 0 radical (unpaired) electrons. The first-order chi connectivity index (χ1) is 18.0. The monoisotopic (exact) mass is 543 g/mol. The molecule has 2 aromatic heterocycles. The SMILES string of the molecule is CCN1C(=O)C(=Cc2ccc(-c3ccc(N(c4ccccc4)c4ccccc4)s3)s2)C(=O)N(CC)C1=S. The van der Waals surface area contributed by atoms with Crippen molar-refractivity contribution in [2.45, 2.75) is 13.8 Å². The minimum absolute atomic E-state index is 0.150. The average molecular weight is 544 g/mol. The second-order valence-electron chi connectivity index (χ2n) is 8.29. The maximum atomic E-state index is 13.0. The van der Waals surface area contributed by atoms with Crippen LogP contribution in [0.5, 0.6) is 0 Å². The molecule has 8 heteroatoms. The van der Waals surface area contributed by atoms with E-state index in [2.05, 4.69) is 41.3 Å². The van der Waals surface area contributed by atoms with E-state index < -0.39 is 0 Å². The highest BCUT2D eigenvalue weighted by molar-refractivity contribution is 7.80. The lowest BCUT2D eigenvalue weighted by molar-refractivity contribution is -0.133. The van der Waals surface area contributed by atoms with Gasteiger partial charge >= 0.3 is 0 Å². The van der Waals surface area contributed by atoms with Crippen LogP contribution in [-0.2, 0) is 9.59 Å². The Morgan fingerprint density at radius 3 is 1.78 bits per heavy atom. The zero-order valence-corrected chi connectivity index (χ0v) is 22.9. The van der Waals surface area contributed by atoms with Gasteiger partial charge in [-0.2, -0.15) is 0 Å². The highest BCUT2D eigenvalue weighted by Crippen LogP contribution is 2.43. The van der Waals surface area contributed by atoms with Crippen molar-refractivity contribution in [3.8, 4) is 9.75 Å².